The van der Waals surface area contributed by atoms with E-state index in [-0.39, 0.29) is 11.9 Å². The number of aromatic nitrogens is 1. The first-order valence-corrected chi connectivity index (χ1v) is 10.2. The lowest BCUT2D eigenvalue weighted by Gasteiger charge is -2.33. The Labute approximate surface area is 166 Å². The quantitative estimate of drug-likeness (QED) is 0.887. The van der Waals surface area contributed by atoms with E-state index in [0.29, 0.717) is 12.6 Å². The first kappa shape index (κ1) is 18.7. The minimum absolute atomic E-state index is 0.103. The van der Waals surface area contributed by atoms with Crippen molar-refractivity contribution >= 4 is 22.5 Å². The summed E-state index contributed by atoms with van der Waals surface area (Å²) in [5.74, 6) is 0.103. The number of aryl methyl sites for hydroxylation is 1. The van der Waals surface area contributed by atoms with Crippen LogP contribution in [0.25, 0.3) is 10.9 Å². The van der Waals surface area contributed by atoms with Crippen molar-refractivity contribution in [2.24, 2.45) is 0 Å². The molecule has 1 aromatic carbocycles. The number of anilines is 1. The number of nitriles is 1. The summed E-state index contributed by atoms with van der Waals surface area (Å²) in [6.45, 7) is 5.02. The molecule has 6 heteroatoms. The molecule has 0 aliphatic carbocycles. The summed E-state index contributed by atoms with van der Waals surface area (Å²) < 4.78 is 0. The lowest BCUT2D eigenvalue weighted by atomic mass is 10.0. The van der Waals surface area contributed by atoms with E-state index in [4.69, 9.17) is 0 Å². The molecule has 2 fully saturated rings. The highest BCUT2D eigenvalue weighted by Gasteiger charge is 2.30. The molecule has 0 radical (unpaired) electrons. The van der Waals surface area contributed by atoms with Crippen LogP contribution in [0.3, 0.4) is 0 Å². The zero-order valence-corrected chi connectivity index (χ0v) is 16.4. The van der Waals surface area contributed by atoms with Crippen molar-refractivity contribution in [3.8, 4) is 6.07 Å². The van der Waals surface area contributed by atoms with E-state index in [1.54, 1.807) is 4.90 Å². The van der Waals surface area contributed by atoms with Gasteiger partial charge in [-0.2, -0.15) is 5.26 Å². The van der Waals surface area contributed by atoms with E-state index < -0.39 is 0 Å². The van der Waals surface area contributed by atoms with Gasteiger partial charge in [0.15, 0.2) is 0 Å². The van der Waals surface area contributed by atoms with E-state index in [9.17, 15) is 10.1 Å². The number of likely N-dealkylation sites (tertiary alicyclic amines) is 2. The molecule has 146 valence electrons. The number of benzene rings is 1. The number of fused-ring (bicyclic) bond motifs is 1. The van der Waals surface area contributed by atoms with Crippen LogP contribution in [0.4, 0.5) is 5.69 Å². The molecule has 0 bridgehead atoms. The van der Waals surface area contributed by atoms with Crippen molar-refractivity contribution in [1.29, 1.82) is 5.26 Å². The first-order chi connectivity index (χ1) is 13.6. The molecule has 2 saturated heterocycles. The standard InChI is InChI=1S/C22H27N5O/c1-16-12-19-20(24-14-16)5-2-6-21(19)25-17-7-10-26(11-8-17)15-22(28)27-9-3-4-18(27)13-23/h2,5-6,12,14,17-18,25H,3-4,7-11,15H2,1H3/t18-/m0/s1. The van der Waals surface area contributed by atoms with E-state index in [0.717, 1.165) is 67.5 Å². The zero-order valence-electron chi connectivity index (χ0n) is 16.4. The van der Waals surface area contributed by atoms with Gasteiger partial charge in [0.1, 0.15) is 6.04 Å². The third-order valence-electron chi connectivity index (χ3n) is 5.89. The lowest BCUT2D eigenvalue weighted by molar-refractivity contribution is -0.132. The number of nitrogens with one attached hydrogen (secondary N) is 1. The molecule has 4 rings (SSSR count). The molecular weight excluding hydrogens is 350 g/mol. The van der Waals surface area contributed by atoms with Crippen LogP contribution in [0.5, 0.6) is 0 Å². The van der Waals surface area contributed by atoms with E-state index in [2.05, 4.69) is 40.3 Å². The topological polar surface area (TPSA) is 72.3 Å². The highest BCUT2D eigenvalue weighted by molar-refractivity contribution is 5.91. The molecule has 1 N–H and O–H groups in total. The second kappa shape index (κ2) is 8.15. The summed E-state index contributed by atoms with van der Waals surface area (Å²) in [4.78, 5) is 21.0. The number of pyridine rings is 1. The molecule has 2 aliphatic heterocycles. The van der Waals surface area contributed by atoms with Crippen molar-refractivity contribution in [3.63, 3.8) is 0 Å². The summed E-state index contributed by atoms with van der Waals surface area (Å²) in [6.07, 6.45) is 5.66. The van der Waals surface area contributed by atoms with Crippen LogP contribution in [-0.4, -0.2) is 59.0 Å². The second-order valence-electron chi connectivity index (χ2n) is 7.95. The Morgan fingerprint density at radius 3 is 2.89 bits per heavy atom. The monoisotopic (exact) mass is 377 g/mol. The van der Waals surface area contributed by atoms with Gasteiger partial charge in [-0.3, -0.25) is 14.7 Å². The van der Waals surface area contributed by atoms with Crippen LogP contribution in [0.1, 0.15) is 31.2 Å². The summed E-state index contributed by atoms with van der Waals surface area (Å²) in [5, 5.41) is 14.0. The Kier molecular flexibility index (Phi) is 5.45. The van der Waals surface area contributed by atoms with Gasteiger partial charge in [-0.1, -0.05) is 6.07 Å². The number of nitrogens with zero attached hydrogens (tertiary/aromatic N) is 4. The van der Waals surface area contributed by atoms with E-state index >= 15 is 0 Å². The summed E-state index contributed by atoms with van der Waals surface area (Å²) in [6, 6.07) is 10.8. The number of carbonyl (C=O) groups excluding carboxylic acids is 1. The van der Waals surface area contributed by atoms with Crippen LogP contribution < -0.4 is 5.32 Å². The average Bonchev–Trinajstić information content (AvgIpc) is 3.19. The van der Waals surface area contributed by atoms with Crippen molar-refractivity contribution < 1.29 is 4.79 Å². The Bertz CT molecular complexity index is 897. The fourth-order valence-electron chi connectivity index (χ4n) is 4.32. The molecular formula is C22H27N5O. The Balaban J connectivity index is 1.33. The minimum Gasteiger partial charge on any atom is -0.382 e. The second-order valence-corrected chi connectivity index (χ2v) is 7.95. The molecule has 0 unspecified atom stereocenters. The molecule has 1 atom stereocenters. The molecule has 6 nitrogen and oxygen atoms in total. The summed E-state index contributed by atoms with van der Waals surface area (Å²) in [5.41, 5.74) is 3.31. The number of carbonyl (C=O) groups is 1. The highest BCUT2D eigenvalue weighted by atomic mass is 16.2. The lowest BCUT2D eigenvalue weighted by Crippen LogP contribution is -2.46. The van der Waals surface area contributed by atoms with Crippen LogP contribution in [0.2, 0.25) is 0 Å². The third kappa shape index (κ3) is 3.95. The van der Waals surface area contributed by atoms with Gasteiger partial charge in [-0.15, -0.1) is 0 Å². The van der Waals surface area contributed by atoms with Crippen molar-refractivity contribution in [2.45, 2.75) is 44.7 Å². The van der Waals surface area contributed by atoms with Gasteiger partial charge in [-0.05, 0) is 56.4 Å². The maximum absolute atomic E-state index is 12.5. The smallest absolute Gasteiger partial charge is 0.237 e. The van der Waals surface area contributed by atoms with Crippen molar-refractivity contribution in [2.75, 3.05) is 31.5 Å². The first-order valence-electron chi connectivity index (χ1n) is 10.2. The number of rotatable bonds is 4. The maximum Gasteiger partial charge on any atom is 0.237 e. The fourth-order valence-corrected chi connectivity index (χ4v) is 4.32. The average molecular weight is 377 g/mol. The largest absolute Gasteiger partial charge is 0.382 e. The highest BCUT2D eigenvalue weighted by Crippen LogP contribution is 2.25. The van der Waals surface area contributed by atoms with Crippen LogP contribution in [0.15, 0.2) is 30.5 Å². The van der Waals surface area contributed by atoms with Gasteiger partial charge in [-0.25, -0.2) is 0 Å². The Morgan fingerprint density at radius 2 is 2.11 bits per heavy atom. The van der Waals surface area contributed by atoms with Crippen molar-refractivity contribution in [1.82, 2.24) is 14.8 Å². The van der Waals surface area contributed by atoms with E-state index in [1.165, 1.54) is 0 Å². The van der Waals surface area contributed by atoms with Crippen LogP contribution in [-0.2, 0) is 4.79 Å². The van der Waals surface area contributed by atoms with Crippen LogP contribution >= 0.6 is 0 Å². The van der Waals surface area contributed by atoms with Gasteiger partial charge in [0.2, 0.25) is 5.91 Å². The Morgan fingerprint density at radius 1 is 1.29 bits per heavy atom. The molecule has 1 amide bonds. The van der Waals surface area contributed by atoms with Crippen molar-refractivity contribution in [3.05, 3.63) is 36.0 Å². The summed E-state index contributed by atoms with van der Waals surface area (Å²) in [7, 11) is 0. The van der Waals surface area contributed by atoms with Gasteiger partial charge in [0.25, 0.3) is 0 Å². The number of hydrogen-bond acceptors (Lipinski definition) is 5. The number of hydrogen-bond donors (Lipinski definition) is 1. The van der Waals surface area contributed by atoms with Gasteiger partial charge in [0, 0.05) is 42.9 Å². The fraction of sp³-hybridized carbons (Fsp3) is 0.500. The molecule has 0 saturated carbocycles. The predicted molar refractivity (Wildman–Crippen MR) is 110 cm³/mol. The molecule has 2 aliphatic rings. The SMILES string of the molecule is Cc1cnc2cccc(NC3CCN(CC(=O)N4CCC[C@H]4C#N)CC3)c2c1. The molecule has 1 aromatic heterocycles. The molecule has 0 spiro atoms. The summed E-state index contributed by atoms with van der Waals surface area (Å²) >= 11 is 0. The predicted octanol–water partition coefficient (Wildman–Crippen LogP) is 2.93. The third-order valence-corrected chi connectivity index (χ3v) is 5.89. The number of amides is 1. The van der Waals surface area contributed by atoms with E-state index in [1.807, 2.05) is 18.3 Å². The van der Waals surface area contributed by atoms with Crippen LogP contribution in [0, 0.1) is 18.3 Å². The number of piperidine rings is 1. The van der Waals surface area contributed by atoms with Gasteiger partial charge >= 0.3 is 0 Å². The molecule has 2 aromatic rings. The Hall–Kier alpha value is -2.65. The molecule has 28 heavy (non-hydrogen) atoms. The minimum atomic E-state index is -0.227. The van der Waals surface area contributed by atoms with Gasteiger partial charge < -0.3 is 10.2 Å². The maximum atomic E-state index is 12.5. The molecule has 3 heterocycles. The zero-order chi connectivity index (χ0) is 19.5. The normalized spacial score (nSPS) is 21.0. The van der Waals surface area contributed by atoms with Gasteiger partial charge in [0.05, 0.1) is 18.1 Å².